The number of ether oxygens (including phenoxy) is 1. The predicted octanol–water partition coefficient (Wildman–Crippen LogP) is 2.57. The molecule has 2 heterocycles. The third-order valence-corrected chi connectivity index (χ3v) is 4.69. The number of carbonyl (C=O) groups is 2. The van der Waals surface area contributed by atoms with E-state index in [1.807, 2.05) is 37.3 Å². The van der Waals surface area contributed by atoms with Crippen LogP contribution in [0.15, 0.2) is 41.0 Å². The van der Waals surface area contributed by atoms with Crippen molar-refractivity contribution in [1.82, 2.24) is 14.8 Å². The fraction of sp³-hybridized carbons (Fsp3) is 0.450. The molecule has 0 radical (unpaired) electrons. The van der Waals surface area contributed by atoms with Gasteiger partial charge in [0.15, 0.2) is 5.69 Å². The molecule has 1 aliphatic heterocycles. The van der Waals surface area contributed by atoms with E-state index in [0.29, 0.717) is 32.1 Å². The van der Waals surface area contributed by atoms with Gasteiger partial charge in [-0.1, -0.05) is 43.7 Å². The van der Waals surface area contributed by atoms with Crippen LogP contribution < -0.4 is 5.73 Å². The smallest absolute Gasteiger partial charge is 0.410 e. The Bertz CT molecular complexity index is 785. The molecule has 3 rings (SSSR count). The SMILES string of the molecule is CCCC(N)c1nc(C(=O)N2CCN(C(=O)OCc3ccccc3)CC2)co1. The van der Waals surface area contributed by atoms with Crippen LogP contribution in [0.5, 0.6) is 0 Å². The maximum atomic E-state index is 12.6. The lowest BCUT2D eigenvalue weighted by Gasteiger charge is -2.33. The largest absolute Gasteiger partial charge is 0.446 e. The summed E-state index contributed by atoms with van der Waals surface area (Å²) in [6.07, 6.45) is 2.64. The van der Waals surface area contributed by atoms with E-state index in [1.165, 1.54) is 6.26 Å². The minimum Gasteiger partial charge on any atom is -0.446 e. The molecule has 0 bridgehead atoms. The van der Waals surface area contributed by atoms with Crippen LogP contribution in [0.4, 0.5) is 4.79 Å². The van der Waals surface area contributed by atoms with E-state index in [4.69, 9.17) is 14.9 Å². The number of carbonyl (C=O) groups excluding carboxylic acids is 2. The zero-order valence-corrected chi connectivity index (χ0v) is 16.0. The highest BCUT2D eigenvalue weighted by Gasteiger charge is 2.27. The van der Waals surface area contributed by atoms with Crippen LogP contribution in [-0.4, -0.2) is 53.0 Å². The van der Waals surface area contributed by atoms with Gasteiger partial charge in [0, 0.05) is 26.2 Å². The zero-order chi connectivity index (χ0) is 19.9. The van der Waals surface area contributed by atoms with Gasteiger partial charge >= 0.3 is 6.09 Å². The quantitative estimate of drug-likeness (QED) is 0.819. The molecule has 2 amide bonds. The number of oxazole rings is 1. The third-order valence-electron chi connectivity index (χ3n) is 4.69. The number of piperazine rings is 1. The fourth-order valence-electron chi connectivity index (χ4n) is 3.06. The summed E-state index contributed by atoms with van der Waals surface area (Å²) in [4.78, 5) is 32.3. The Morgan fingerprint density at radius 2 is 1.86 bits per heavy atom. The molecule has 1 unspecified atom stereocenters. The molecule has 8 heteroatoms. The summed E-state index contributed by atoms with van der Waals surface area (Å²) in [6, 6.07) is 9.22. The Labute approximate surface area is 164 Å². The first-order valence-corrected chi connectivity index (χ1v) is 9.54. The minimum absolute atomic E-state index is 0.212. The van der Waals surface area contributed by atoms with Gasteiger partial charge in [-0.25, -0.2) is 9.78 Å². The number of rotatable bonds is 6. The molecule has 1 aromatic heterocycles. The van der Waals surface area contributed by atoms with Gasteiger partial charge in [0.25, 0.3) is 5.91 Å². The van der Waals surface area contributed by atoms with E-state index in [0.717, 1.165) is 18.4 Å². The van der Waals surface area contributed by atoms with Crippen molar-refractivity contribution in [3.8, 4) is 0 Å². The first-order valence-electron chi connectivity index (χ1n) is 9.54. The van der Waals surface area contributed by atoms with Crippen LogP contribution in [-0.2, 0) is 11.3 Å². The Kier molecular flexibility index (Phi) is 6.65. The lowest BCUT2D eigenvalue weighted by Crippen LogP contribution is -2.50. The molecule has 2 N–H and O–H groups in total. The molecule has 0 spiro atoms. The topological polar surface area (TPSA) is 102 Å². The molecule has 28 heavy (non-hydrogen) atoms. The summed E-state index contributed by atoms with van der Waals surface area (Å²) in [6.45, 7) is 3.93. The number of aromatic nitrogens is 1. The Morgan fingerprint density at radius 1 is 1.18 bits per heavy atom. The van der Waals surface area contributed by atoms with Gasteiger partial charge in [-0.3, -0.25) is 4.79 Å². The summed E-state index contributed by atoms with van der Waals surface area (Å²) >= 11 is 0. The van der Waals surface area contributed by atoms with Gasteiger partial charge in [-0.2, -0.15) is 0 Å². The van der Waals surface area contributed by atoms with Crippen molar-refractivity contribution in [2.24, 2.45) is 5.73 Å². The zero-order valence-electron chi connectivity index (χ0n) is 16.0. The van der Waals surface area contributed by atoms with Crippen LogP contribution >= 0.6 is 0 Å². The van der Waals surface area contributed by atoms with Crippen molar-refractivity contribution in [1.29, 1.82) is 0 Å². The first kappa shape index (κ1) is 19.9. The minimum atomic E-state index is -0.370. The van der Waals surface area contributed by atoms with Gasteiger partial charge in [0.2, 0.25) is 5.89 Å². The van der Waals surface area contributed by atoms with Gasteiger partial charge in [0.05, 0.1) is 6.04 Å². The van der Waals surface area contributed by atoms with Gasteiger partial charge in [-0.15, -0.1) is 0 Å². The number of benzene rings is 1. The summed E-state index contributed by atoms with van der Waals surface area (Å²) in [5.41, 5.74) is 7.17. The van der Waals surface area contributed by atoms with Crippen molar-refractivity contribution in [2.75, 3.05) is 26.2 Å². The number of hydrogen-bond acceptors (Lipinski definition) is 6. The Hall–Kier alpha value is -2.87. The number of nitrogens with two attached hydrogens (primary N) is 1. The monoisotopic (exact) mass is 386 g/mol. The van der Waals surface area contributed by atoms with Crippen molar-refractivity contribution in [3.63, 3.8) is 0 Å². The number of amides is 2. The molecule has 8 nitrogen and oxygen atoms in total. The van der Waals surface area contributed by atoms with Crippen molar-refractivity contribution < 1.29 is 18.7 Å². The average Bonchev–Trinajstić information content (AvgIpc) is 3.23. The summed E-state index contributed by atoms with van der Waals surface area (Å²) in [5.74, 6) is 0.171. The van der Waals surface area contributed by atoms with E-state index in [9.17, 15) is 9.59 Å². The second-order valence-corrected chi connectivity index (χ2v) is 6.79. The lowest BCUT2D eigenvalue weighted by atomic mass is 10.2. The fourth-order valence-corrected chi connectivity index (χ4v) is 3.06. The van der Waals surface area contributed by atoms with Gasteiger partial charge in [-0.05, 0) is 12.0 Å². The molecule has 1 fully saturated rings. The highest BCUT2D eigenvalue weighted by Crippen LogP contribution is 2.17. The lowest BCUT2D eigenvalue weighted by molar-refractivity contribution is 0.0539. The molecule has 1 saturated heterocycles. The molecule has 150 valence electrons. The van der Waals surface area contributed by atoms with Crippen LogP contribution in [0.2, 0.25) is 0 Å². The molecule has 0 aliphatic carbocycles. The molecule has 1 atom stereocenters. The predicted molar refractivity (Wildman–Crippen MR) is 102 cm³/mol. The van der Waals surface area contributed by atoms with E-state index >= 15 is 0 Å². The summed E-state index contributed by atoms with van der Waals surface area (Å²) in [5, 5.41) is 0. The molecule has 0 saturated carbocycles. The highest BCUT2D eigenvalue weighted by atomic mass is 16.6. The van der Waals surface area contributed by atoms with Crippen LogP contribution in [0.1, 0.15) is 47.7 Å². The molecular weight excluding hydrogens is 360 g/mol. The second kappa shape index (κ2) is 9.36. The maximum absolute atomic E-state index is 12.6. The highest BCUT2D eigenvalue weighted by molar-refractivity contribution is 5.92. The summed E-state index contributed by atoms with van der Waals surface area (Å²) < 4.78 is 10.7. The molecule has 1 aliphatic rings. The molecule has 1 aromatic carbocycles. The van der Waals surface area contributed by atoms with Crippen molar-refractivity contribution >= 4 is 12.0 Å². The van der Waals surface area contributed by atoms with Crippen molar-refractivity contribution in [3.05, 3.63) is 53.7 Å². The van der Waals surface area contributed by atoms with E-state index in [-0.39, 0.29) is 30.3 Å². The van der Waals surface area contributed by atoms with E-state index in [2.05, 4.69) is 4.98 Å². The average molecular weight is 386 g/mol. The first-order chi connectivity index (χ1) is 13.6. The van der Waals surface area contributed by atoms with Crippen LogP contribution in [0, 0.1) is 0 Å². The van der Waals surface area contributed by atoms with Gasteiger partial charge < -0.3 is 24.7 Å². The number of nitrogens with zero attached hydrogens (tertiary/aromatic N) is 3. The van der Waals surface area contributed by atoms with Gasteiger partial charge in [0.1, 0.15) is 12.9 Å². The van der Waals surface area contributed by atoms with E-state index < -0.39 is 0 Å². The third kappa shape index (κ3) is 4.89. The van der Waals surface area contributed by atoms with E-state index in [1.54, 1.807) is 9.80 Å². The Balaban J connectivity index is 1.48. The molecular formula is C20H26N4O4. The molecule has 2 aromatic rings. The van der Waals surface area contributed by atoms with Crippen LogP contribution in [0.3, 0.4) is 0 Å². The maximum Gasteiger partial charge on any atom is 0.410 e. The second-order valence-electron chi connectivity index (χ2n) is 6.79. The van der Waals surface area contributed by atoms with Crippen molar-refractivity contribution in [2.45, 2.75) is 32.4 Å². The Morgan fingerprint density at radius 3 is 2.54 bits per heavy atom. The standard InChI is InChI=1S/C20H26N4O4/c1-2-6-16(21)18-22-17(14-27-18)19(25)23-9-11-24(12-10-23)20(26)28-13-15-7-4-3-5-8-15/h3-5,7-8,14,16H,2,6,9-13,21H2,1H3. The normalized spacial score (nSPS) is 15.4. The number of hydrogen-bond donors (Lipinski definition) is 1. The van der Waals surface area contributed by atoms with Crippen LogP contribution in [0.25, 0.3) is 0 Å². The summed E-state index contributed by atoms with van der Waals surface area (Å²) in [7, 11) is 0.